The quantitative estimate of drug-likeness (QED) is 0.939. The molecule has 1 aliphatic heterocycles. The molecule has 1 aromatic carbocycles. The maximum absolute atomic E-state index is 4.74. The Bertz CT molecular complexity index is 630. The van der Waals surface area contributed by atoms with Gasteiger partial charge in [-0.3, -0.25) is 0 Å². The Morgan fingerprint density at radius 1 is 1.19 bits per heavy atom. The van der Waals surface area contributed by atoms with Crippen LogP contribution in [0.3, 0.4) is 0 Å². The van der Waals surface area contributed by atoms with Crippen molar-refractivity contribution < 1.29 is 0 Å². The van der Waals surface area contributed by atoms with Gasteiger partial charge in [0, 0.05) is 44.0 Å². The number of aryl methyl sites for hydroxylation is 1. The first-order chi connectivity index (χ1) is 10.2. The summed E-state index contributed by atoms with van der Waals surface area (Å²) in [6.45, 7) is 9.90. The fourth-order valence-corrected chi connectivity index (χ4v) is 3.19. The minimum absolute atomic E-state index is 1.06. The van der Waals surface area contributed by atoms with Crippen LogP contribution in [0.2, 0.25) is 0 Å². The number of hydrogen-bond acceptors (Lipinski definition) is 4. The third-order valence-electron chi connectivity index (χ3n) is 4.49. The molecule has 1 N–H and O–H groups in total. The number of piperazine rings is 1. The van der Waals surface area contributed by atoms with Crippen molar-refractivity contribution in [1.29, 1.82) is 0 Å². The van der Waals surface area contributed by atoms with Crippen molar-refractivity contribution in [3.63, 3.8) is 0 Å². The first-order valence-electron chi connectivity index (χ1n) is 7.78. The maximum atomic E-state index is 4.74. The summed E-state index contributed by atoms with van der Waals surface area (Å²) < 4.78 is 0. The summed E-state index contributed by atoms with van der Waals surface area (Å²) in [5.41, 5.74) is 2.41. The van der Waals surface area contributed by atoms with Crippen LogP contribution in [0.15, 0.2) is 24.4 Å². The normalized spacial score (nSPS) is 16.4. The number of nitrogens with one attached hydrogen (secondary N) is 1. The average Bonchev–Trinajstić information content (AvgIpc) is 2.54. The smallest absolute Gasteiger partial charge is 0.136 e. The topological polar surface area (TPSA) is 31.4 Å². The molecule has 0 radical (unpaired) electrons. The lowest BCUT2D eigenvalue weighted by molar-refractivity contribution is 0.271. The number of nitrogens with zero attached hydrogens (tertiary/aromatic N) is 3. The van der Waals surface area contributed by atoms with E-state index in [1.165, 1.54) is 16.3 Å². The van der Waals surface area contributed by atoms with Crippen molar-refractivity contribution >= 4 is 22.3 Å². The first-order valence-corrected chi connectivity index (χ1v) is 7.78. The summed E-state index contributed by atoms with van der Waals surface area (Å²) in [4.78, 5) is 9.65. The molecule has 21 heavy (non-hydrogen) atoms. The van der Waals surface area contributed by atoms with Crippen molar-refractivity contribution in [1.82, 2.24) is 9.88 Å². The fraction of sp³-hybridized carbons (Fsp3) is 0.471. The van der Waals surface area contributed by atoms with Gasteiger partial charge in [-0.1, -0.05) is 25.1 Å². The first kappa shape index (κ1) is 14.1. The third kappa shape index (κ3) is 2.56. The zero-order valence-electron chi connectivity index (χ0n) is 13.2. The van der Waals surface area contributed by atoms with Crippen LogP contribution in [0.5, 0.6) is 0 Å². The van der Waals surface area contributed by atoms with Crippen LogP contribution in [0.1, 0.15) is 12.5 Å². The van der Waals surface area contributed by atoms with Gasteiger partial charge in [-0.2, -0.15) is 0 Å². The van der Waals surface area contributed by atoms with Gasteiger partial charge < -0.3 is 15.1 Å². The highest BCUT2D eigenvalue weighted by atomic mass is 15.3. The Balaban J connectivity index is 2.02. The molecule has 2 aromatic rings. The minimum atomic E-state index is 1.06. The standard InChI is InChI=1S/C17H24N4/c1-4-20-8-10-21(11-9-20)17-14-7-5-6-13(2)16(14)15(18-3)12-19-17/h5-7,12,18H,4,8-11H2,1-3H3. The van der Waals surface area contributed by atoms with E-state index in [1.807, 2.05) is 13.2 Å². The second-order valence-corrected chi connectivity index (χ2v) is 5.66. The number of fused-ring (bicyclic) bond motifs is 1. The predicted molar refractivity (Wildman–Crippen MR) is 90.4 cm³/mol. The van der Waals surface area contributed by atoms with Crippen LogP contribution >= 0.6 is 0 Å². The van der Waals surface area contributed by atoms with Crippen LogP contribution in [-0.4, -0.2) is 49.7 Å². The summed E-state index contributed by atoms with van der Waals surface area (Å²) in [5.74, 6) is 1.13. The lowest BCUT2D eigenvalue weighted by Gasteiger charge is -2.35. The molecule has 0 bridgehead atoms. The summed E-state index contributed by atoms with van der Waals surface area (Å²) in [6.07, 6.45) is 1.97. The van der Waals surface area contributed by atoms with Crippen LogP contribution in [0, 0.1) is 6.92 Å². The molecule has 1 aromatic heterocycles. The van der Waals surface area contributed by atoms with E-state index in [-0.39, 0.29) is 0 Å². The molecule has 2 heterocycles. The minimum Gasteiger partial charge on any atom is -0.386 e. The van der Waals surface area contributed by atoms with Gasteiger partial charge in [0.05, 0.1) is 11.9 Å². The van der Waals surface area contributed by atoms with E-state index < -0.39 is 0 Å². The summed E-state index contributed by atoms with van der Waals surface area (Å²) in [6, 6.07) is 6.49. The van der Waals surface area contributed by atoms with Crippen LogP contribution < -0.4 is 10.2 Å². The number of hydrogen-bond donors (Lipinski definition) is 1. The molecule has 0 atom stereocenters. The van der Waals surface area contributed by atoms with Gasteiger partial charge in [-0.05, 0) is 19.0 Å². The Morgan fingerprint density at radius 3 is 2.62 bits per heavy atom. The predicted octanol–water partition coefficient (Wildman–Crippen LogP) is 2.73. The van der Waals surface area contributed by atoms with Crippen molar-refractivity contribution in [2.45, 2.75) is 13.8 Å². The lowest BCUT2D eigenvalue weighted by atomic mass is 10.0. The van der Waals surface area contributed by atoms with E-state index in [0.29, 0.717) is 0 Å². The molecule has 1 saturated heterocycles. The van der Waals surface area contributed by atoms with E-state index in [1.54, 1.807) is 0 Å². The van der Waals surface area contributed by atoms with Crippen molar-refractivity contribution in [2.24, 2.45) is 0 Å². The van der Waals surface area contributed by atoms with Crippen molar-refractivity contribution in [3.8, 4) is 0 Å². The SMILES string of the molecule is CCN1CCN(c2ncc(NC)c3c(C)cccc23)CC1. The molecule has 3 rings (SSSR count). The zero-order chi connectivity index (χ0) is 14.8. The molecule has 0 spiro atoms. The highest BCUT2D eigenvalue weighted by molar-refractivity contribution is 6.02. The van der Waals surface area contributed by atoms with E-state index in [0.717, 1.165) is 44.2 Å². The molecule has 4 nitrogen and oxygen atoms in total. The molecular formula is C17H24N4. The van der Waals surface area contributed by atoms with E-state index >= 15 is 0 Å². The molecule has 0 unspecified atom stereocenters. The second-order valence-electron chi connectivity index (χ2n) is 5.66. The Labute approximate surface area is 126 Å². The Morgan fingerprint density at radius 2 is 1.95 bits per heavy atom. The van der Waals surface area contributed by atoms with E-state index in [2.05, 4.69) is 47.2 Å². The van der Waals surface area contributed by atoms with Gasteiger partial charge in [-0.25, -0.2) is 4.98 Å². The fourth-order valence-electron chi connectivity index (χ4n) is 3.19. The Hall–Kier alpha value is -1.81. The third-order valence-corrected chi connectivity index (χ3v) is 4.49. The second kappa shape index (κ2) is 5.90. The summed E-state index contributed by atoms with van der Waals surface area (Å²) in [7, 11) is 1.96. The zero-order valence-corrected chi connectivity index (χ0v) is 13.2. The number of benzene rings is 1. The highest BCUT2D eigenvalue weighted by Crippen LogP contribution is 2.32. The molecule has 0 amide bonds. The molecular weight excluding hydrogens is 260 g/mol. The largest absolute Gasteiger partial charge is 0.386 e. The molecule has 0 saturated carbocycles. The number of likely N-dealkylation sites (N-methyl/N-ethyl adjacent to an activating group) is 1. The maximum Gasteiger partial charge on any atom is 0.136 e. The number of anilines is 2. The number of rotatable bonds is 3. The highest BCUT2D eigenvalue weighted by Gasteiger charge is 2.19. The van der Waals surface area contributed by atoms with Crippen molar-refractivity contribution in [3.05, 3.63) is 30.0 Å². The van der Waals surface area contributed by atoms with E-state index in [9.17, 15) is 0 Å². The molecule has 112 valence electrons. The number of aromatic nitrogens is 1. The molecule has 0 aliphatic carbocycles. The number of pyridine rings is 1. The monoisotopic (exact) mass is 284 g/mol. The van der Waals surface area contributed by atoms with Gasteiger partial charge in [0.2, 0.25) is 0 Å². The van der Waals surface area contributed by atoms with Gasteiger partial charge >= 0.3 is 0 Å². The average molecular weight is 284 g/mol. The molecule has 4 heteroatoms. The van der Waals surface area contributed by atoms with Crippen molar-refractivity contribution in [2.75, 3.05) is 50.0 Å². The Kier molecular flexibility index (Phi) is 3.97. The van der Waals surface area contributed by atoms with Crippen LogP contribution in [0.25, 0.3) is 10.8 Å². The van der Waals surface area contributed by atoms with Gasteiger partial charge in [0.25, 0.3) is 0 Å². The van der Waals surface area contributed by atoms with Gasteiger partial charge in [0.15, 0.2) is 0 Å². The van der Waals surface area contributed by atoms with Crippen LogP contribution in [0.4, 0.5) is 11.5 Å². The van der Waals surface area contributed by atoms with E-state index in [4.69, 9.17) is 4.98 Å². The summed E-state index contributed by atoms with van der Waals surface area (Å²) in [5, 5.41) is 5.82. The van der Waals surface area contributed by atoms with Gasteiger partial charge in [0.1, 0.15) is 5.82 Å². The van der Waals surface area contributed by atoms with Crippen LogP contribution in [-0.2, 0) is 0 Å². The molecule has 1 aliphatic rings. The summed E-state index contributed by atoms with van der Waals surface area (Å²) >= 11 is 0. The molecule has 1 fully saturated rings. The van der Waals surface area contributed by atoms with Gasteiger partial charge in [-0.15, -0.1) is 0 Å². The lowest BCUT2D eigenvalue weighted by Crippen LogP contribution is -2.46.